The van der Waals surface area contributed by atoms with Gasteiger partial charge in [0.25, 0.3) is 0 Å². The number of carbonyl (C=O) groups is 1. The lowest BCUT2D eigenvalue weighted by Crippen LogP contribution is -2.46. The van der Waals surface area contributed by atoms with Gasteiger partial charge in [0, 0.05) is 0 Å². The summed E-state index contributed by atoms with van der Waals surface area (Å²) < 4.78 is 21.8. The largest absolute Gasteiger partial charge is 0.344 e. The van der Waals surface area contributed by atoms with Crippen LogP contribution in [0.3, 0.4) is 0 Å². The summed E-state index contributed by atoms with van der Waals surface area (Å²) in [6.07, 6.45) is -1.94. The highest BCUT2D eigenvalue weighted by molar-refractivity contribution is 7.52. The highest BCUT2D eigenvalue weighted by atomic mass is 31.2. The molecule has 0 radical (unpaired) electrons. The molecule has 20 heavy (non-hydrogen) atoms. The van der Waals surface area contributed by atoms with Crippen molar-refractivity contribution in [3.05, 3.63) is 0 Å². The lowest BCUT2D eigenvalue weighted by atomic mass is 10.1. The Kier molecular flexibility index (Phi) is 8.04. The van der Waals surface area contributed by atoms with Gasteiger partial charge in [0.1, 0.15) is 18.6 Å². The first-order valence-electron chi connectivity index (χ1n) is 5.48. The Morgan fingerprint density at radius 3 is 1.90 bits per heavy atom. The second-order valence-corrected chi connectivity index (χ2v) is 7.33. The molecule has 0 aromatic heterocycles. The average molecular weight is 335 g/mol. The predicted molar refractivity (Wildman–Crippen MR) is 67.7 cm³/mol. The zero-order valence-electron chi connectivity index (χ0n) is 10.5. The van der Waals surface area contributed by atoms with E-state index in [0.29, 0.717) is 11.3 Å². The lowest BCUT2D eigenvalue weighted by molar-refractivity contribution is -0.135. The summed E-state index contributed by atoms with van der Waals surface area (Å²) in [5.41, 5.74) is 6.86. The summed E-state index contributed by atoms with van der Waals surface area (Å²) in [4.78, 5) is 47.5. The minimum absolute atomic E-state index is 0.0463. The van der Waals surface area contributed by atoms with Crippen LogP contribution in [0, 0.1) is 0 Å². The Morgan fingerprint density at radius 1 is 1.15 bits per heavy atom. The van der Waals surface area contributed by atoms with Crippen LogP contribution in [-0.4, -0.2) is 60.7 Å². The van der Waals surface area contributed by atoms with Gasteiger partial charge in [0.15, 0.2) is 0 Å². The van der Waals surface area contributed by atoms with Gasteiger partial charge in [-0.1, -0.05) is 0 Å². The molecule has 0 spiro atoms. The molecule has 8 N–H and O–H groups in total. The molecule has 0 saturated carbocycles. The molecule has 0 aliphatic rings. The molecule has 1 atom stereocenters. The summed E-state index contributed by atoms with van der Waals surface area (Å²) in [5.74, 6) is -1.03. The van der Waals surface area contributed by atoms with Crippen LogP contribution in [0.4, 0.5) is 0 Å². The molecular formula is C7H19N3O8P2. The van der Waals surface area contributed by atoms with Gasteiger partial charge >= 0.3 is 15.2 Å². The van der Waals surface area contributed by atoms with E-state index in [2.05, 4.69) is 0 Å². The van der Waals surface area contributed by atoms with Crippen LogP contribution in [0.5, 0.6) is 0 Å². The fourth-order valence-corrected chi connectivity index (χ4v) is 2.94. The molecule has 0 aromatic carbocycles. The van der Waals surface area contributed by atoms with E-state index in [9.17, 15) is 13.9 Å². The topological polar surface area (TPSA) is 194 Å². The minimum Gasteiger partial charge on any atom is -0.330 e. The molecule has 0 aliphatic heterocycles. The molecule has 0 bridgehead atoms. The Balaban J connectivity index is 5.03. The fraction of sp³-hybridized carbons (Fsp3) is 0.857. The maximum Gasteiger partial charge on any atom is 0.344 e. The SMILES string of the molecule is NCCC[C@H](NO)C(=O)N(CP(=O)(O)O)CP(=O)(O)O. The van der Waals surface area contributed by atoms with E-state index in [4.69, 9.17) is 30.5 Å². The van der Waals surface area contributed by atoms with Gasteiger partial charge in [0.05, 0.1) is 0 Å². The monoisotopic (exact) mass is 335 g/mol. The molecule has 1 amide bonds. The lowest BCUT2D eigenvalue weighted by Gasteiger charge is -2.27. The van der Waals surface area contributed by atoms with Crippen LogP contribution in [0.1, 0.15) is 12.8 Å². The van der Waals surface area contributed by atoms with Crippen molar-refractivity contribution in [2.75, 3.05) is 19.1 Å². The number of nitrogens with one attached hydrogen (secondary N) is 1. The Bertz CT molecular complexity index is 383. The summed E-state index contributed by atoms with van der Waals surface area (Å²) >= 11 is 0. The summed E-state index contributed by atoms with van der Waals surface area (Å²) in [6, 6.07) is -1.25. The zero-order valence-corrected chi connectivity index (χ0v) is 12.3. The predicted octanol–water partition coefficient (Wildman–Crippen LogP) is -1.83. The number of hydroxylamine groups is 1. The molecule has 120 valence electrons. The molecule has 0 heterocycles. The molecule has 13 heteroatoms. The maximum atomic E-state index is 11.9. The number of hydrogen-bond acceptors (Lipinski definition) is 6. The molecule has 0 rings (SSSR count). The van der Waals surface area contributed by atoms with Crippen LogP contribution in [0.15, 0.2) is 0 Å². The second-order valence-electron chi connectivity index (χ2n) is 4.10. The van der Waals surface area contributed by atoms with Crippen LogP contribution >= 0.6 is 15.2 Å². The van der Waals surface area contributed by atoms with Crippen LogP contribution in [0.2, 0.25) is 0 Å². The molecule has 0 aromatic rings. The van der Waals surface area contributed by atoms with Gasteiger partial charge in [-0.3, -0.25) is 13.9 Å². The third kappa shape index (κ3) is 8.75. The normalized spacial score (nSPS) is 14.1. The van der Waals surface area contributed by atoms with E-state index in [1.54, 1.807) is 5.48 Å². The van der Waals surface area contributed by atoms with E-state index >= 15 is 0 Å². The summed E-state index contributed by atoms with van der Waals surface area (Å²) in [7, 11) is -9.42. The van der Waals surface area contributed by atoms with Crippen LogP contribution in [0.25, 0.3) is 0 Å². The molecule has 0 aliphatic carbocycles. The molecule has 0 fully saturated rings. The van der Waals surface area contributed by atoms with Gasteiger partial charge in [0.2, 0.25) is 5.91 Å². The van der Waals surface area contributed by atoms with Crippen molar-refractivity contribution in [3.63, 3.8) is 0 Å². The summed E-state index contributed by atoms with van der Waals surface area (Å²) in [5, 5.41) is 8.84. The van der Waals surface area contributed by atoms with Crippen LogP contribution < -0.4 is 11.2 Å². The fourth-order valence-electron chi connectivity index (χ4n) is 1.41. The van der Waals surface area contributed by atoms with Crippen molar-refractivity contribution < 1.29 is 38.7 Å². The van der Waals surface area contributed by atoms with Crippen molar-refractivity contribution in [1.82, 2.24) is 10.4 Å². The number of amides is 1. The third-order valence-electron chi connectivity index (χ3n) is 2.17. The van der Waals surface area contributed by atoms with Gasteiger partial charge in [-0.25, -0.2) is 0 Å². The zero-order chi connectivity index (χ0) is 16.0. The van der Waals surface area contributed by atoms with Gasteiger partial charge in [-0.05, 0) is 19.4 Å². The van der Waals surface area contributed by atoms with E-state index < -0.39 is 39.7 Å². The molecular weight excluding hydrogens is 316 g/mol. The first-order valence-corrected chi connectivity index (χ1v) is 9.07. The van der Waals surface area contributed by atoms with Gasteiger partial charge in [-0.15, -0.1) is 0 Å². The summed E-state index contributed by atoms with van der Waals surface area (Å²) in [6.45, 7) is 0.211. The second kappa shape index (κ2) is 8.18. The highest BCUT2D eigenvalue weighted by Gasteiger charge is 2.32. The van der Waals surface area contributed by atoms with Crippen molar-refractivity contribution in [1.29, 1.82) is 0 Å². The smallest absolute Gasteiger partial charge is 0.330 e. The molecule has 11 nitrogen and oxygen atoms in total. The van der Waals surface area contributed by atoms with Crippen LogP contribution in [-0.2, 0) is 13.9 Å². The van der Waals surface area contributed by atoms with E-state index in [1.165, 1.54) is 0 Å². The average Bonchev–Trinajstić information content (AvgIpc) is 2.25. The quantitative estimate of drug-likeness (QED) is 0.186. The Morgan fingerprint density at radius 2 is 1.60 bits per heavy atom. The Hall–Kier alpha value is -0.350. The third-order valence-corrected chi connectivity index (χ3v) is 3.59. The number of nitrogens with zero attached hydrogens (tertiary/aromatic N) is 1. The van der Waals surface area contributed by atoms with E-state index in [-0.39, 0.29) is 13.0 Å². The minimum atomic E-state index is -4.71. The van der Waals surface area contributed by atoms with E-state index in [1.807, 2.05) is 0 Å². The Labute approximate surface area is 115 Å². The van der Waals surface area contributed by atoms with Gasteiger partial charge < -0.3 is 35.4 Å². The molecule has 0 saturated heterocycles. The van der Waals surface area contributed by atoms with Crippen molar-refractivity contribution >= 4 is 21.1 Å². The molecule has 0 unspecified atom stereocenters. The number of rotatable bonds is 9. The number of nitrogens with two attached hydrogens (primary N) is 1. The van der Waals surface area contributed by atoms with Crippen molar-refractivity contribution in [2.24, 2.45) is 5.73 Å². The number of hydrogen-bond donors (Lipinski definition) is 7. The first kappa shape index (κ1) is 19.7. The maximum absolute atomic E-state index is 11.9. The van der Waals surface area contributed by atoms with Gasteiger partial charge in [-0.2, -0.15) is 5.48 Å². The standard InChI is InChI=1S/C7H19N3O8P2/c8-3-1-2-6(9-12)7(11)10(4-19(13,14)15)5-20(16,17)18/h6,9,12H,1-5,8H2,(H2,13,14,15)(H2,16,17,18)/t6-/m0/s1. The van der Waals surface area contributed by atoms with Crippen molar-refractivity contribution in [3.8, 4) is 0 Å². The van der Waals surface area contributed by atoms with E-state index in [0.717, 1.165) is 0 Å². The number of carbonyl (C=O) groups excluding carboxylic acids is 1. The van der Waals surface area contributed by atoms with Crippen molar-refractivity contribution in [2.45, 2.75) is 18.9 Å². The first-order chi connectivity index (χ1) is 9.00. The highest BCUT2D eigenvalue weighted by Crippen LogP contribution is 2.41.